The lowest BCUT2D eigenvalue weighted by atomic mass is 10.1. The van der Waals surface area contributed by atoms with Crippen molar-refractivity contribution < 1.29 is 4.79 Å². The Labute approximate surface area is 162 Å². The van der Waals surface area contributed by atoms with Gasteiger partial charge in [0.1, 0.15) is 12.0 Å². The van der Waals surface area contributed by atoms with Gasteiger partial charge in [0.25, 0.3) is 11.7 Å². The summed E-state index contributed by atoms with van der Waals surface area (Å²) in [4.78, 5) is 21.7. The number of carbonyl (C=O) groups excluding carboxylic acids is 1. The zero-order valence-corrected chi connectivity index (χ0v) is 16.0. The first kappa shape index (κ1) is 17.8. The van der Waals surface area contributed by atoms with Crippen molar-refractivity contribution in [2.24, 2.45) is 0 Å². The predicted molar refractivity (Wildman–Crippen MR) is 105 cm³/mol. The van der Waals surface area contributed by atoms with E-state index in [1.165, 1.54) is 10.8 Å². The standard InChI is InChI=1S/C20H21N7O/c1-4-26-11-16(14(3)25-26)13(2)23-19(28)18-10-17(15-8-6-5-7-9-15)24-20-21-12-22-27(18)20/h5-13H,4H2,1-3H3,(H,23,28)/t13-/m0/s1. The molecule has 8 nitrogen and oxygen atoms in total. The molecule has 0 spiro atoms. The Morgan fingerprint density at radius 3 is 2.75 bits per heavy atom. The number of nitrogens with zero attached hydrogens (tertiary/aromatic N) is 6. The third kappa shape index (κ3) is 3.24. The van der Waals surface area contributed by atoms with E-state index in [1.54, 1.807) is 6.07 Å². The maximum atomic E-state index is 13.1. The minimum atomic E-state index is -0.244. The van der Waals surface area contributed by atoms with Gasteiger partial charge in [0, 0.05) is 23.9 Å². The highest BCUT2D eigenvalue weighted by Crippen LogP contribution is 2.20. The molecule has 4 rings (SSSR count). The van der Waals surface area contributed by atoms with E-state index in [9.17, 15) is 4.79 Å². The van der Waals surface area contributed by atoms with Crippen LogP contribution in [0.3, 0.4) is 0 Å². The Bertz CT molecular complexity index is 1130. The summed E-state index contributed by atoms with van der Waals surface area (Å²) in [6.45, 7) is 6.70. The summed E-state index contributed by atoms with van der Waals surface area (Å²) in [5, 5.41) is 11.7. The molecule has 1 N–H and O–H groups in total. The summed E-state index contributed by atoms with van der Waals surface area (Å²) >= 11 is 0. The number of amides is 1. The van der Waals surface area contributed by atoms with E-state index in [-0.39, 0.29) is 11.9 Å². The maximum Gasteiger partial charge on any atom is 0.270 e. The molecule has 1 atom stereocenters. The summed E-state index contributed by atoms with van der Waals surface area (Å²) in [5.41, 5.74) is 3.86. The van der Waals surface area contributed by atoms with Crippen LogP contribution in [0.1, 0.15) is 41.6 Å². The smallest absolute Gasteiger partial charge is 0.270 e. The molecular weight excluding hydrogens is 354 g/mol. The zero-order valence-electron chi connectivity index (χ0n) is 16.0. The molecule has 0 bridgehead atoms. The van der Waals surface area contributed by atoms with E-state index in [0.717, 1.165) is 23.4 Å². The van der Waals surface area contributed by atoms with Gasteiger partial charge >= 0.3 is 0 Å². The van der Waals surface area contributed by atoms with Gasteiger partial charge in [-0.05, 0) is 26.8 Å². The van der Waals surface area contributed by atoms with Crippen LogP contribution in [0.4, 0.5) is 0 Å². The molecule has 1 amide bonds. The molecule has 0 aliphatic carbocycles. The third-order valence-electron chi connectivity index (χ3n) is 4.68. The quantitative estimate of drug-likeness (QED) is 0.579. The van der Waals surface area contributed by atoms with Crippen LogP contribution in [0.25, 0.3) is 17.0 Å². The largest absolute Gasteiger partial charge is 0.344 e. The number of nitrogens with one attached hydrogen (secondary N) is 1. The van der Waals surface area contributed by atoms with Gasteiger partial charge in [-0.1, -0.05) is 30.3 Å². The summed E-state index contributed by atoms with van der Waals surface area (Å²) in [5.74, 6) is 0.139. The van der Waals surface area contributed by atoms with Gasteiger partial charge in [-0.15, -0.1) is 0 Å². The Morgan fingerprint density at radius 2 is 2.04 bits per heavy atom. The zero-order chi connectivity index (χ0) is 19.7. The first-order chi connectivity index (χ1) is 13.6. The van der Waals surface area contributed by atoms with Crippen LogP contribution < -0.4 is 5.32 Å². The van der Waals surface area contributed by atoms with Crippen LogP contribution in [-0.2, 0) is 6.54 Å². The molecule has 3 heterocycles. The van der Waals surface area contributed by atoms with Crippen molar-refractivity contribution in [2.75, 3.05) is 0 Å². The molecule has 142 valence electrons. The number of hydrogen-bond acceptors (Lipinski definition) is 5. The number of benzene rings is 1. The molecule has 0 aliphatic rings. The first-order valence-corrected chi connectivity index (χ1v) is 9.18. The molecule has 0 saturated heterocycles. The molecule has 8 heteroatoms. The fraction of sp³-hybridized carbons (Fsp3) is 0.250. The van der Waals surface area contributed by atoms with Gasteiger partial charge in [-0.3, -0.25) is 9.48 Å². The van der Waals surface area contributed by atoms with Crippen LogP contribution in [0.5, 0.6) is 0 Å². The van der Waals surface area contributed by atoms with E-state index >= 15 is 0 Å². The van der Waals surface area contributed by atoms with Gasteiger partial charge in [0.05, 0.1) is 17.4 Å². The monoisotopic (exact) mass is 375 g/mol. The van der Waals surface area contributed by atoms with Gasteiger partial charge in [0.2, 0.25) is 0 Å². The predicted octanol–water partition coefficient (Wildman–Crippen LogP) is 2.81. The molecule has 3 aromatic heterocycles. The van der Waals surface area contributed by atoms with Crippen molar-refractivity contribution in [2.45, 2.75) is 33.4 Å². The van der Waals surface area contributed by atoms with Gasteiger partial charge < -0.3 is 5.32 Å². The molecule has 1 aromatic carbocycles. The average Bonchev–Trinajstić information content (AvgIpc) is 3.33. The second kappa shape index (κ2) is 7.22. The number of fused-ring (bicyclic) bond motifs is 1. The van der Waals surface area contributed by atoms with Crippen LogP contribution in [0.2, 0.25) is 0 Å². The second-order valence-electron chi connectivity index (χ2n) is 6.59. The summed E-state index contributed by atoms with van der Waals surface area (Å²) in [6.07, 6.45) is 3.36. The van der Waals surface area contributed by atoms with Gasteiger partial charge in [-0.25, -0.2) is 4.98 Å². The summed E-state index contributed by atoms with van der Waals surface area (Å²) < 4.78 is 3.32. The molecule has 0 saturated carbocycles. The Morgan fingerprint density at radius 1 is 1.25 bits per heavy atom. The lowest BCUT2D eigenvalue weighted by molar-refractivity contribution is 0.0932. The molecule has 0 unspecified atom stereocenters. The van der Waals surface area contributed by atoms with E-state index in [1.807, 2.05) is 62.0 Å². The number of rotatable bonds is 5. The Balaban J connectivity index is 1.68. The average molecular weight is 375 g/mol. The van der Waals surface area contributed by atoms with Crippen molar-refractivity contribution in [3.05, 3.63) is 65.9 Å². The van der Waals surface area contributed by atoms with Crippen molar-refractivity contribution in [1.82, 2.24) is 34.7 Å². The lowest BCUT2D eigenvalue weighted by Gasteiger charge is -2.14. The molecule has 4 aromatic rings. The molecule has 0 fully saturated rings. The van der Waals surface area contributed by atoms with Crippen LogP contribution in [-0.4, -0.2) is 35.3 Å². The van der Waals surface area contributed by atoms with Crippen LogP contribution in [0.15, 0.2) is 48.9 Å². The summed E-state index contributed by atoms with van der Waals surface area (Å²) in [7, 11) is 0. The van der Waals surface area contributed by atoms with Crippen molar-refractivity contribution >= 4 is 11.7 Å². The number of carbonyl (C=O) groups is 1. The van der Waals surface area contributed by atoms with E-state index in [4.69, 9.17) is 0 Å². The molecule has 0 aliphatic heterocycles. The molecular formula is C20H21N7O. The van der Waals surface area contributed by atoms with E-state index in [0.29, 0.717) is 17.2 Å². The SMILES string of the molecule is CCn1cc([C@H](C)NC(=O)c2cc(-c3ccccc3)nc3ncnn23)c(C)n1. The highest BCUT2D eigenvalue weighted by molar-refractivity contribution is 5.94. The highest BCUT2D eigenvalue weighted by Gasteiger charge is 2.20. The Hall–Kier alpha value is -3.55. The van der Waals surface area contributed by atoms with Crippen LogP contribution >= 0.6 is 0 Å². The fourth-order valence-electron chi connectivity index (χ4n) is 3.20. The topological polar surface area (TPSA) is 90.0 Å². The normalized spacial score (nSPS) is 12.2. The minimum absolute atomic E-state index is 0.195. The summed E-state index contributed by atoms with van der Waals surface area (Å²) in [6, 6.07) is 11.2. The number of hydrogen-bond donors (Lipinski definition) is 1. The van der Waals surface area contributed by atoms with E-state index < -0.39 is 0 Å². The fourth-order valence-corrected chi connectivity index (χ4v) is 3.20. The van der Waals surface area contributed by atoms with Gasteiger partial charge in [0.15, 0.2) is 0 Å². The third-order valence-corrected chi connectivity index (χ3v) is 4.68. The maximum absolute atomic E-state index is 13.1. The highest BCUT2D eigenvalue weighted by atomic mass is 16.2. The Kier molecular flexibility index (Phi) is 4.60. The van der Waals surface area contributed by atoms with E-state index in [2.05, 4.69) is 25.5 Å². The first-order valence-electron chi connectivity index (χ1n) is 9.18. The number of aryl methyl sites for hydroxylation is 2. The minimum Gasteiger partial charge on any atom is -0.344 e. The second-order valence-corrected chi connectivity index (χ2v) is 6.59. The lowest BCUT2D eigenvalue weighted by Crippen LogP contribution is -2.29. The van der Waals surface area contributed by atoms with Crippen molar-refractivity contribution in [3.8, 4) is 11.3 Å². The molecule has 28 heavy (non-hydrogen) atoms. The number of aromatic nitrogens is 6. The van der Waals surface area contributed by atoms with Gasteiger partial charge in [-0.2, -0.15) is 19.7 Å². The molecule has 0 radical (unpaired) electrons. The van der Waals surface area contributed by atoms with Crippen molar-refractivity contribution in [1.29, 1.82) is 0 Å². The van der Waals surface area contributed by atoms with Crippen LogP contribution in [0, 0.1) is 6.92 Å². The van der Waals surface area contributed by atoms with Crippen molar-refractivity contribution in [3.63, 3.8) is 0 Å².